The van der Waals surface area contributed by atoms with Crippen molar-refractivity contribution in [3.8, 4) is 5.75 Å². The molecule has 88 valence electrons. The van der Waals surface area contributed by atoms with Crippen LogP contribution in [0.15, 0.2) is 30.3 Å². The van der Waals surface area contributed by atoms with Gasteiger partial charge in [0, 0.05) is 12.2 Å². The van der Waals surface area contributed by atoms with E-state index in [9.17, 15) is 0 Å². The molecule has 16 heavy (non-hydrogen) atoms. The van der Waals surface area contributed by atoms with Gasteiger partial charge in [-0.15, -0.1) is 0 Å². The average molecular weight is 238 g/mol. The minimum absolute atomic E-state index is 0.124. The smallest absolute Gasteiger partial charge is 0.599 e. The molecule has 0 saturated carbocycles. The standard InChI is InChI=1S/C6H6O.2C3H7O.Al/c7-6-4-2-1-3-5-6;2*1-3(2)4;/h1-5,7H;2*3H,1-2H3;/q;2*-1;+3/p-1. The summed E-state index contributed by atoms with van der Waals surface area (Å²) in [4.78, 5) is 0. The molecule has 0 heterocycles. The fourth-order valence-electron chi connectivity index (χ4n) is 1.14. The Bertz CT molecular complexity index is 278. The highest BCUT2D eigenvalue weighted by molar-refractivity contribution is 6.37. The summed E-state index contributed by atoms with van der Waals surface area (Å²) in [5.41, 5.74) is 0. The van der Waals surface area contributed by atoms with Crippen molar-refractivity contribution >= 4 is 15.1 Å². The van der Waals surface area contributed by atoms with Crippen molar-refractivity contribution in [2.24, 2.45) is 0 Å². The molecule has 1 aromatic rings. The van der Waals surface area contributed by atoms with Crippen molar-refractivity contribution in [2.75, 3.05) is 0 Å². The Hall–Kier alpha value is -0.528. The lowest BCUT2D eigenvalue weighted by Gasteiger charge is -2.18. The van der Waals surface area contributed by atoms with E-state index in [2.05, 4.69) is 0 Å². The molecule has 3 nitrogen and oxygen atoms in total. The van der Waals surface area contributed by atoms with Crippen molar-refractivity contribution in [2.45, 2.75) is 39.9 Å². The van der Waals surface area contributed by atoms with E-state index in [1.807, 2.05) is 58.0 Å². The molecule has 0 aliphatic carbocycles. The molecule has 0 spiro atoms. The SMILES string of the molecule is CC(C)[O][Al]([O]c1ccccc1)[O]C(C)C. The maximum Gasteiger partial charge on any atom is 1.00 e. The van der Waals surface area contributed by atoms with Crippen molar-refractivity contribution in [3.05, 3.63) is 30.3 Å². The Kier molecular flexibility index (Phi) is 5.86. The first-order valence-electron chi connectivity index (χ1n) is 5.60. The largest absolute Gasteiger partial charge is 1.00 e. The van der Waals surface area contributed by atoms with E-state index in [1.54, 1.807) is 0 Å². The summed E-state index contributed by atoms with van der Waals surface area (Å²) in [7, 11) is 0. The van der Waals surface area contributed by atoms with E-state index < -0.39 is 15.1 Å². The molecule has 0 radical (unpaired) electrons. The highest BCUT2D eigenvalue weighted by atomic mass is 27.3. The fraction of sp³-hybridized carbons (Fsp3) is 0.500. The van der Waals surface area contributed by atoms with Gasteiger partial charge in [0.15, 0.2) is 0 Å². The van der Waals surface area contributed by atoms with Gasteiger partial charge in [-0.1, -0.05) is 18.2 Å². The van der Waals surface area contributed by atoms with Crippen LogP contribution in [0.3, 0.4) is 0 Å². The van der Waals surface area contributed by atoms with E-state index in [4.69, 9.17) is 11.4 Å². The van der Waals surface area contributed by atoms with Crippen LogP contribution in [-0.2, 0) is 7.58 Å². The fourth-order valence-corrected chi connectivity index (χ4v) is 2.59. The van der Waals surface area contributed by atoms with Gasteiger partial charge in [0.2, 0.25) is 0 Å². The molecule has 0 atom stereocenters. The second-order valence-electron chi connectivity index (χ2n) is 4.09. The van der Waals surface area contributed by atoms with E-state index in [0.29, 0.717) is 0 Å². The molecular weight excluding hydrogens is 219 g/mol. The first kappa shape index (κ1) is 13.5. The van der Waals surface area contributed by atoms with Crippen LogP contribution in [0.4, 0.5) is 0 Å². The molecule has 0 aliphatic rings. The molecule has 0 unspecified atom stereocenters. The van der Waals surface area contributed by atoms with E-state index >= 15 is 0 Å². The Morgan fingerprint density at radius 3 is 1.81 bits per heavy atom. The minimum atomic E-state index is -2.08. The van der Waals surface area contributed by atoms with Crippen LogP contribution in [0, 0.1) is 0 Å². The number of hydrogen-bond donors (Lipinski definition) is 0. The lowest BCUT2D eigenvalue weighted by Crippen LogP contribution is -2.35. The maximum absolute atomic E-state index is 5.73. The summed E-state index contributed by atoms with van der Waals surface area (Å²) >= 11 is -2.08. The van der Waals surface area contributed by atoms with Crippen molar-refractivity contribution < 1.29 is 11.4 Å². The summed E-state index contributed by atoms with van der Waals surface area (Å²) in [6, 6.07) is 9.65. The van der Waals surface area contributed by atoms with E-state index in [-0.39, 0.29) is 12.2 Å². The van der Waals surface area contributed by atoms with Gasteiger partial charge in [-0.2, -0.15) is 0 Å². The molecule has 1 rings (SSSR count). The lowest BCUT2D eigenvalue weighted by molar-refractivity contribution is 0.0849. The number of benzene rings is 1. The van der Waals surface area contributed by atoms with Gasteiger partial charge in [0.1, 0.15) is 0 Å². The topological polar surface area (TPSA) is 27.7 Å². The third-order valence-corrected chi connectivity index (χ3v) is 3.74. The minimum Gasteiger partial charge on any atom is -0.599 e. The van der Waals surface area contributed by atoms with Gasteiger partial charge in [-0.05, 0) is 39.8 Å². The zero-order valence-electron chi connectivity index (χ0n) is 10.3. The second kappa shape index (κ2) is 6.93. The predicted octanol–water partition coefficient (Wildman–Crippen LogP) is 2.90. The Morgan fingerprint density at radius 2 is 1.38 bits per heavy atom. The van der Waals surface area contributed by atoms with Gasteiger partial charge in [0.05, 0.1) is 5.75 Å². The number of para-hydroxylation sites is 1. The van der Waals surface area contributed by atoms with Crippen LogP contribution in [0.5, 0.6) is 5.75 Å². The Morgan fingerprint density at radius 1 is 0.875 bits per heavy atom. The molecule has 0 amide bonds. The zero-order valence-corrected chi connectivity index (χ0v) is 11.5. The number of hydrogen-bond acceptors (Lipinski definition) is 3. The maximum atomic E-state index is 5.73. The molecule has 4 heteroatoms. The van der Waals surface area contributed by atoms with Gasteiger partial charge in [-0.3, -0.25) is 0 Å². The van der Waals surface area contributed by atoms with Gasteiger partial charge in [-0.25, -0.2) is 0 Å². The molecular formula is C12H19AlO3. The summed E-state index contributed by atoms with van der Waals surface area (Å²) < 4.78 is 17.0. The zero-order chi connectivity index (χ0) is 12.0. The van der Waals surface area contributed by atoms with Crippen LogP contribution in [0.1, 0.15) is 27.7 Å². The highest BCUT2D eigenvalue weighted by Crippen LogP contribution is 2.12. The molecule has 0 aliphatic heterocycles. The third kappa shape index (κ3) is 5.53. The van der Waals surface area contributed by atoms with Gasteiger partial charge in [0.25, 0.3) is 0 Å². The molecule has 1 aromatic carbocycles. The molecule has 0 fully saturated rings. The first-order valence-corrected chi connectivity index (χ1v) is 7.02. The molecule has 0 N–H and O–H groups in total. The number of rotatable bonds is 6. The van der Waals surface area contributed by atoms with Crippen LogP contribution in [0.25, 0.3) is 0 Å². The third-order valence-electron chi connectivity index (χ3n) is 1.74. The summed E-state index contributed by atoms with van der Waals surface area (Å²) in [5.74, 6) is 0.806. The first-order chi connectivity index (χ1) is 7.58. The van der Waals surface area contributed by atoms with E-state index in [1.165, 1.54) is 0 Å². The van der Waals surface area contributed by atoms with Crippen molar-refractivity contribution in [1.29, 1.82) is 0 Å². The Balaban J connectivity index is 2.56. The van der Waals surface area contributed by atoms with Gasteiger partial charge >= 0.3 is 15.1 Å². The summed E-state index contributed by atoms with van der Waals surface area (Å²) in [6.07, 6.45) is 0.248. The van der Waals surface area contributed by atoms with Crippen LogP contribution < -0.4 is 3.79 Å². The Labute approximate surface area is 103 Å². The second-order valence-corrected chi connectivity index (χ2v) is 5.45. The summed E-state index contributed by atoms with van der Waals surface area (Å²) in [6.45, 7) is 7.94. The molecule has 0 saturated heterocycles. The molecule has 0 bridgehead atoms. The predicted molar refractivity (Wildman–Crippen MR) is 65.3 cm³/mol. The summed E-state index contributed by atoms with van der Waals surface area (Å²) in [5, 5.41) is 0. The highest BCUT2D eigenvalue weighted by Gasteiger charge is 2.37. The normalized spacial score (nSPS) is 10.9. The average Bonchev–Trinajstić information content (AvgIpc) is 2.16. The van der Waals surface area contributed by atoms with Crippen molar-refractivity contribution in [3.63, 3.8) is 0 Å². The monoisotopic (exact) mass is 238 g/mol. The van der Waals surface area contributed by atoms with E-state index in [0.717, 1.165) is 5.75 Å². The lowest BCUT2D eigenvalue weighted by atomic mass is 10.3. The van der Waals surface area contributed by atoms with Crippen LogP contribution in [0.2, 0.25) is 0 Å². The van der Waals surface area contributed by atoms with Crippen molar-refractivity contribution in [1.82, 2.24) is 0 Å². The molecule has 0 aromatic heterocycles. The quantitative estimate of drug-likeness (QED) is 0.713. The van der Waals surface area contributed by atoms with Gasteiger partial charge < -0.3 is 11.4 Å². The van der Waals surface area contributed by atoms with Crippen LogP contribution >= 0.6 is 0 Å². The van der Waals surface area contributed by atoms with Crippen LogP contribution in [-0.4, -0.2) is 27.4 Å².